The Morgan fingerprint density at radius 2 is 1.76 bits per heavy atom. The smallest absolute Gasteiger partial charge is 0.420 e. The molecule has 2 aromatic heterocycles. The lowest BCUT2D eigenvalue weighted by atomic mass is 9.89. The molecule has 2 aromatic rings. The van der Waals surface area contributed by atoms with E-state index < -0.39 is 17.7 Å². The first-order valence-corrected chi connectivity index (χ1v) is 11.8. The third-order valence-corrected chi connectivity index (χ3v) is 7.57. The number of ether oxygens (including phenoxy) is 1. The van der Waals surface area contributed by atoms with E-state index >= 15 is 0 Å². The molecule has 0 radical (unpaired) electrons. The van der Waals surface area contributed by atoms with Gasteiger partial charge in [0.25, 0.3) is 0 Å². The number of alkyl halides is 3. The molecular formula is C24H28F3N3O3. The molecule has 2 aliphatic heterocycles. The van der Waals surface area contributed by atoms with E-state index in [4.69, 9.17) is 4.74 Å². The Morgan fingerprint density at radius 3 is 2.36 bits per heavy atom. The topological polar surface area (TPSA) is 75.6 Å². The number of aromatic nitrogens is 2. The number of hydrogen-bond acceptors (Lipinski definition) is 5. The molecule has 178 valence electrons. The van der Waals surface area contributed by atoms with Crippen molar-refractivity contribution in [2.45, 2.75) is 82.7 Å². The molecule has 0 amide bonds. The van der Waals surface area contributed by atoms with Gasteiger partial charge in [-0.2, -0.15) is 13.2 Å². The fraction of sp³-hybridized carbons (Fsp3) is 0.625. The van der Waals surface area contributed by atoms with E-state index in [1.165, 1.54) is 6.07 Å². The van der Waals surface area contributed by atoms with Gasteiger partial charge in [-0.05, 0) is 69.4 Å². The monoisotopic (exact) mass is 463 g/mol. The van der Waals surface area contributed by atoms with E-state index in [0.717, 1.165) is 44.7 Å². The first-order valence-electron chi connectivity index (χ1n) is 11.8. The number of pyridine rings is 2. The number of aliphatic carboxylic acids is 1. The van der Waals surface area contributed by atoms with Crippen molar-refractivity contribution >= 4 is 22.8 Å². The van der Waals surface area contributed by atoms with Crippen LogP contribution in [0.2, 0.25) is 0 Å². The third-order valence-electron chi connectivity index (χ3n) is 7.57. The van der Waals surface area contributed by atoms with Crippen molar-refractivity contribution in [1.82, 2.24) is 9.97 Å². The number of rotatable bonds is 4. The predicted molar refractivity (Wildman–Crippen MR) is 116 cm³/mol. The highest BCUT2D eigenvalue weighted by Crippen LogP contribution is 2.44. The van der Waals surface area contributed by atoms with Gasteiger partial charge in [0.2, 0.25) is 0 Å². The fourth-order valence-electron chi connectivity index (χ4n) is 5.85. The van der Waals surface area contributed by atoms with Crippen LogP contribution in [0.15, 0.2) is 18.3 Å². The summed E-state index contributed by atoms with van der Waals surface area (Å²) in [6.45, 7) is 2.15. The van der Waals surface area contributed by atoms with E-state index in [1.54, 1.807) is 6.07 Å². The minimum Gasteiger partial charge on any atom is -0.488 e. The molecule has 0 aromatic carbocycles. The zero-order valence-corrected chi connectivity index (χ0v) is 18.5. The summed E-state index contributed by atoms with van der Waals surface area (Å²) in [6, 6.07) is 3.12. The summed E-state index contributed by atoms with van der Waals surface area (Å²) in [7, 11) is 0. The Labute approximate surface area is 190 Å². The Hall–Kier alpha value is -2.58. The molecule has 3 fully saturated rings. The Morgan fingerprint density at radius 1 is 1.09 bits per heavy atom. The average molecular weight is 464 g/mol. The molecule has 2 saturated heterocycles. The van der Waals surface area contributed by atoms with Crippen molar-refractivity contribution in [3.05, 3.63) is 23.9 Å². The van der Waals surface area contributed by atoms with Gasteiger partial charge in [-0.3, -0.25) is 4.79 Å². The van der Waals surface area contributed by atoms with Gasteiger partial charge < -0.3 is 14.7 Å². The van der Waals surface area contributed by atoms with Crippen LogP contribution in [0.5, 0.6) is 5.75 Å². The average Bonchev–Trinajstić information content (AvgIpc) is 3.02. The maximum absolute atomic E-state index is 14.1. The maximum atomic E-state index is 14.1. The zero-order chi connectivity index (χ0) is 23.3. The molecule has 2 unspecified atom stereocenters. The van der Waals surface area contributed by atoms with Crippen LogP contribution in [-0.4, -0.2) is 39.2 Å². The normalized spacial score (nSPS) is 29.9. The van der Waals surface area contributed by atoms with Crippen LogP contribution in [0, 0.1) is 11.8 Å². The summed E-state index contributed by atoms with van der Waals surface area (Å²) in [6.07, 6.45) is 2.47. The molecule has 6 nitrogen and oxygen atoms in total. The van der Waals surface area contributed by atoms with Crippen LogP contribution >= 0.6 is 0 Å². The van der Waals surface area contributed by atoms with E-state index in [1.807, 2.05) is 0 Å². The minimum atomic E-state index is -4.60. The molecule has 9 heteroatoms. The van der Waals surface area contributed by atoms with Crippen molar-refractivity contribution < 1.29 is 27.8 Å². The number of carboxylic acid groups (broad SMARTS) is 1. The number of carbonyl (C=O) groups is 1. The van der Waals surface area contributed by atoms with Gasteiger partial charge in [0.05, 0.1) is 18.2 Å². The zero-order valence-electron chi connectivity index (χ0n) is 18.5. The van der Waals surface area contributed by atoms with Gasteiger partial charge in [-0.25, -0.2) is 9.97 Å². The molecule has 5 rings (SSSR count). The van der Waals surface area contributed by atoms with Crippen LogP contribution in [0.1, 0.15) is 63.9 Å². The number of piperidine rings is 1. The highest BCUT2D eigenvalue weighted by Gasteiger charge is 2.44. The summed E-state index contributed by atoms with van der Waals surface area (Å²) in [5.41, 5.74) is -0.790. The summed E-state index contributed by atoms with van der Waals surface area (Å²) >= 11 is 0. The predicted octanol–water partition coefficient (Wildman–Crippen LogP) is 5.44. The van der Waals surface area contributed by atoms with E-state index in [9.17, 15) is 23.1 Å². The lowest BCUT2D eigenvalue weighted by molar-refractivity contribution is -0.143. The van der Waals surface area contributed by atoms with Crippen molar-refractivity contribution in [2.24, 2.45) is 11.8 Å². The number of hydrogen-bond donors (Lipinski definition) is 1. The molecule has 2 bridgehead atoms. The van der Waals surface area contributed by atoms with Gasteiger partial charge >= 0.3 is 12.1 Å². The van der Waals surface area contributed by atoms with Crippen molar-refractivity contribution in [3.63, 3.8) is 0 Å². The quantitative estimate of drug-likeness (QED) is 0.651. The lowest BCUT2D eigenvalue weighted by Gasteiger charge is -2.38. The first-order chi connectivity index (χ1) is 15.7. The van der Waals surface area contributed by atoms with E-state index in [-0.39, 0.29) is 40.9 Å². The number of halogens is 3. The van der Waals surface area contributed by atoms with Crippen LogP contribution in [-0.2, 0) is 11.0 Å². The molecule has 3 aliphatic rings. The van der Waals surface area contributed by atoms with Crippen LogP contribution in [0.4, 0.5) is 19.0 Å². The van der Waals surface area contributed by atoms with Gasteiger partial charge in [-0.1, -0.05) is 6.92 Å². The number of carboxylic acids is 1. The number of nitrogens with zero attached hydrogens (tertiary/aromatic N) is 3. The second-order valence-electron chi connectivity index (χ2n) is 9.83. The van der Waals surface area contributed by atoms with Gasteiger partial charge in [0, 0.05) is 17.5 Å². The van der Waals surface area contributed by atoms with Gasteiger partial charge in [0.1, 0.15) is 11.4 Å². The molecule has 0 spiro atoms. The molecule has 4 heterocycles. The number of fused-ring (bicyclic) bond motifs is 3. The van der Waals surface area contributed by atoms with Crippen molar-refractivity contribution in [2.75, 3.05) is 4.90 Å². The van der Waals surface area contributed by atoms with Crippen LogP contribution < -0.4 is 9.64 Å². The Kier molecular flexibility index (Phi) is 5.61. The standard InChI is InChI=1S/C24H28F3N3O3/c1-13-2-6-17(7-3-13)33-19-12-28-22-18(21(19)24(25,26)27)8-9-20(29-22)30-15-4-5-16(30)11-14(10-15)23(31)32/h8-9,12-17H,2-7,10-11H2,1H3,(H,31,32). The van der Waals surface area contributed by atoms with Crippen LogP contribution in [0.3, 0.4) is 0 Å². The SMILES string of the molecule is CC1CCC(Oc2cnc3nc(N4C5CCC4CC(C(=O)O)C5)ccc3c2C(F)(F)F)CC1. The molecule has 1 N–H and O–H groups in total. The lowest BCUT2D eigenvalue weighted by Crippen LogP contribution is -2.45. The fourth-order valence-corrected chi connectivity index (χ4v) is 5.85. The maximum Gasteiger partial charge on any atom is 0.420 e. The van der Waals surface area contributed by atoms with E-state index in [0.29, 0.717) is 24.6 Å². The first kappa shape index (κ1) is 22.2. The summed E-state index contributed by atoms with van der Waals surface area (Å²) in [4.78, 5) is 22.3. The highest BCUT2D eigenvalue weighted by atomic mass is 19.4. The Balaban J connectivity index is 1.46. The second kappa shape index (κ2) is 8.33. The molecule has 1 aliphatic carbocycles. The summed E-state index contributed by atoms with van der Waals surface area (Å²) < 4.78 is 48.1. The van der Waals surface area contributed by atoms with Gasteiger partial charge in [0.15, 0.2) is 11.4 Å². The molecular weight excluding hydrogens is 435 g/mol. The second-order valence-corrected chi connectivity index (χ2v) is 9.83. The van der Waals surface area contributed by atoms with Gasteiger partial charge in [-0.15, -0.1) is 0 Å². The molecule has 33 heavy (non-hydrogen) atoms. The Bertz CT molecular complexity index is 1040. The van der Waals surface area contributed by atoms with Crippen molar-refractivity contribution in [3.8, 4) is 5.75 Å². The van der Waals surface area contributed by atoms with Crippen molar-refractivity contribution in [1.29, 1.82) is 0 Å². The minimum absolute atomic E-state index is 0.0317. The van der Waals surface area contributed by atoms with Crippen LogP contribution in [0.25, 0.3) is 11.0 Å². The molecule has 1 saturated carbocycles. The number of anilines is 1. The third kappa shape index (κ3) is 4.22. The summed E-state index contributed by atoms with van der Waals surface area (Å²) in [5, 5.41) is 9.33. The molecule has 2 atom stereocenters. The largest absolute Gasteiger partial charge is 0.488 e. The highest BCUT2D eigenvalue weighted by molar-refractivity contribution is 5.83. The summed E-state index contributed by atoms with van der Waals surface area (Å²) in [5.74, 6) is -0.257. The van der Waals surface area contributed by atoms with E-state index in [2.05, 4.69) is 21.8 Å².